The average molecular weight is 362 g/mol. The normalized spacial score (nSPS) is 10.9. The van der Waals surface area contributed by atoms with Crippen LogP contribution in [-0.4, -0.2) is 14.2 Å². The molecule has 4 rings (SSSR count). The number of methoxy groups -OCH3 is 2. The fourth-order valence-electron chi connectivity index (χ4n) is 3.03. The third-order valence-corrected chi connectivity index (χ3v) is 4.40. The number of hydrogen-bond donors (Lipinski definition) is 0. The van der Waals surface area contributed by atoms with E-state index >= 15 is 0 Å². The van der Waals surface area contributed by atoms with E-state index in [4.69, 9.17) is 18.6 Å². The van der Waals surface area contributed by atoms with Crippen molar-refractivity contribution >= 4 is 21.9 Å². The predicted molar refractivity (Wildman–Crippen MR) is 104 cm³/mol. The summed E-state index contributed by atoms with van der Waals surface area (Å²) in [6.07, 6.45) is 0. The van der Waals surface area contributed by atoms with Crippen LogP contribution in [0.25, 0.3) is 21.9 Å². The Morgan fingerprint density at radius 1 is 0.815 bits per heavy atom. The van der Waals surface area contributed by atoms with Crippen LogP contribution in [0, 0.1) is 0 Å². The van der Waals surface area contributed by atoms with Crippen LogP contribution in [-0.2, 0) is 6.61 Å². The van der Waals surface area contributed by atoms with Crippen molar-refractivity contribution in [2.75, 3.05) is 14.2 Å². The van der Waals surface area contributed by atoms with Gasteiger partial charge in [0.15, 0.2) is 22.8 Å². The highest BCUT2D eigenvalue weighted by Gasteiger charge is 2.15. The highest BCUT2D eigenvalue weighted by Crippen LogP contribution is 2.34. The van der Waals surface area contributed by atoms with Crippen LogP contribution in [0.5, 0.6) is 17.2 Å². The highest BCUT2D eigenvalue weighted by molar-refractivity contribution is 5.93. The second-order valence-corrected chi connectivity index (χ2v) is 6.04. The van der Waals surface area contributed by atoms with Gasteiger partial charge in [-0.3, -0.25) is 4.79 Å². The van der Waals surface area contributed by atoms with Crippen LogP contribution in [0.15, 0.2) is 69.9 Å². The number of hydrogen-bond acceptors (Lipinski definition) is 5. The largest absolute Gasteiger partial charge is 0.493 e. The van der Waals surface area contributed by atoms with Crippen LogP contribution in [0.1, 0.15) is 5.56 Å². The molecule has 136 valence electrons. The molecule has 4 aromatic rings. The summed E-state index contributed by atoms with van der Waals surface area (Å²) in [4.78, 5) is 13.0. The highest BCUT2D eigenvalue weighted by atomic mass is 16.5. The summed E-state index contributed by atoms with van der Waals surface area (Å²) in [6.45, 7) is 0.383. The van der Waals surface area contributed by atoms with Crippen LogP contribution in [0.3, 0.4) is 0 Å². The molecule has 1 heterocycles. The van der Waals surface area contributed by atoms with Gasteiger partial charge in [0, 0.05) is 6.07 Å². The van der Waals surface area contributed by atoms with E-state index in [9.17, 15) is 4.79 Å². The smallest absolute Gasteiger partial charge is 0.200 e. The van der Waals surface area contributed by atoms with Crippen molar-refractivity contribution in [1.82, 2.24) is 0 Å². The maximum absolute atomic E-state index is 13.0. The molecule has 0 spiro atoms. The minimum absolute atomic E-state index is 0.141. The fourth-order valence-corrected chi connectivity index (χ4v) is 3.03. The molecule has 5 nitrogen and oxygen atoms in total. The second kappa shape index (κ2) is 7.03. The average Bonchev–Trinajstić information content (AvgIpc) is 2.72. The maximum atomic E-state index is 13.0. The second-order valence-electron chi connectivity index (χ2n) is 6.04. The van der Waals surface area contributed by atoms with E-state index in [0.29, 0.717) is 45.8 Å². The quantitative estimate of drug-likeness (QED) is 0.488. The lowest BCUT2D eigenvalue weighted by molar-refractivity contribution is 0.305. The van der Waals surface area contributed by atoms with E-state index in [2.05, 4.69) is 0 Å². The van der Waals surface area contributed by atoms with Gasteiger partial charge in [0.1, 0.15) is 12.2 Å². The molecule has 0 aliphatic rings. The van der Waals surface area contributed by atoms with E-state index < -0.39 is 0 Å². The van der Waals surface area contributed by atoms with E-state index in [0.717, 1.165) is 5.56 Å². The third-order valence-electron chi connectivity index (χ3n) is 4.40. The summed E-state index contributed by atoms with van der Waals surface area (Å²) in [5.74, 6) is 1.49. The standard InChI is InChI=1S/C22H18O5/c1-24-19-11-16-18(12-20(19)25-2)27-22-15(21(16)23)9-6-10-17(22)26-13-14-7-4-3-5-8-14/h3-12H,13H2,1-2H3. The molecule has 0 aliphatic carbocycles. The Kier molecular flexibility index (Phi) is 4.42. The summed E-state index contributed by atoms with van der Waals surface area (Å²) in [5, 5.41) is 0.889. The molecule has 0 unspecified atom stereocenters. The molecule has 0 radical (unpaired) electrons. The van der Waals surface area contributed by atoms with Gasteiger partial charge in [0.05, 0.1) is 25.0 Å². The number of ether oxygens (including phenoxy) is 3. The minimum Gasteiger partial charge on any atom is -0.493 e. The zero-order valence-electron chi connectivity index (χ0n) is 15.0. The summed E-state index contributed by atoms with van der Waals surface area (Å²) < 4.78 is 22.6. The summed E-state index contributed by atoms with van der Waals surface area (Å²) in [7, 11) is 3.07. The monoisotopic (exact) mass is 362 g/mol. The number of benzene rings is 3. The van der Waals surface area contributed by atoms with Crippen LogP contribution >= 0.6 is 0 Å². The first-order valence-electron chi connectivity index (χ1n) is 8.49. The van der Waals surface area contributed by atoms with Crippen molar-refractivity contribution in [3.05, 3.63) is 76.5 Å². The minimum atomic E-state index is -0.141. The van der Waals surface area contributed by atoms with Gasteiger partial charge in [-0.15, -0.1) is 0 Å². The van der Waals surface area contributed by atoms with Crippen molar-refractivity contribution in [2.45, 2.75) is 6.61 Å². The van der Waals surface area contributed by atoms with E-state index in [1.165, 1.54) is 14.2 Å². The van der Waals surface area contributed by atoms with E-state index in [-0.39, 0.29) is 5.43 Å². The molecule has 0 amide bonds. The Morgan fingerprint density at radius 2 is 1.56 bits per heavy atom. The third kappa shape index (κ3) is 3.08. The topological polar surface area (TPSA) is 57.9 Å². The lowest BCUT2D eigenvalue weighted by atomic mass is 10.1. The Balaban J connectivity index is 1.85. The Labute approximate surface area is 155 Å². The first-order chi connectivity index (χ1) is 13.2. The number of rotatable bonds is 5. The zero-order valence-corrected chi connectivity index (χ0v) is 15.0. The van der Waals surface area contributed by atoms with Crippen LogP contribution in [0.4, 0.5) is 0 Å². The van der Waals surface area contributed by atoms with Gasteiger partial charge in [0.25, 0.3) is 0 Å². The molecular weight excluding hydrogens is 344 g/mol. The first-order valence-corrected chi connectivity index (χ1v) is 8.49. The zero-order chi connectivity index (χ0) is 18.8. The Bertz CT molecular complexity index is 1160. The van der Waals surface area contributed by atoms with Crippen molar-refractivity contribution in [3.63, 3.8) is 0 Å². The fraction of sp³-hybridized carbons (Fsp3) is 0.136. The Morgan fingerprint density at radius 3 is 2.30 bits per heavy atom. The van der Waals surface area contributed by atoms with Gasteiger partial charge < -0.3 is 18.6 Å². The van der Waals surface area contributed by atoms with Gasteiger partial charge in [-0.25, -0.2) is 0 Å². The van der Waals surface area contributed by atoms with Gasteiger partial charge >= 0.3 is 0 Å². The molecule has 0 saturated carbocycles. The summed E-state index contributed by atoms with van der Waals surface area (Å²) >= 11 is 0. The molecule has 3 aromatic carbocycles. The summed E-state index contributed by atoms with van der Waals surface area (Å²) in [5.41, 5.74) is 1.72. The van der Waals surface area contributed by atoms with E-state index in [1.807, 2.05) is 30.3 Å². The molecule has 0 N–H and O–H groups in total. The molecular formula is C22H18O5. The molecule has 5 heteroatoms. The first kappa shape index (κ1) is 17.0. The predicted octanol–water partition coefficient (Wildman–Crippen LogP) is 4.54. The molecule has 0 bridgehead atoms. The lowest BCUT2D eigenvalue weighted by Gasteiger charge is -2.11. The SMILES string of the molecule is COc1cc2oc3c(OCc4ccccc4)cccc3c(=O)c2cc1OC. The molecule has 27 heavy (non-hydrogen) atoms. The Hall–Kier alpha value is -3.47. The number of fused-ring (bicyclic) bond motifs is 2. The van der Waals surface area contributed by atoms with Gasteiger partial charge in [-0.1, -0.05) is 36.4 Å². The van der Waals surface area contributed by atoms with Crippen molar-refractivity contribution in [2.24, 2.45) is 0 Å². The molecule has 0 aliphatic heterocycles. The van der Waals surface area contributed by atoms with Crippen molar-refractivity contribution in [1.29, 1.82) is 0 Å². The summed E-state index contributed by atoms with van der Waals surface area (Å²) in [6, 6.07) is 18.4. The van der Waals surface area contributed by atoms with Crippen LogP contribution < -0.4 is 19.6 Å². The number of para-hydroxylation sites is 1. The van der Waals surface area contributed by atoms with E-state index in [1.54, 1.807) is 30.3 Å². The van der Waals surface area contributed by atoms with Gasteiger partial charge in [-0.05, 0) is 23.8 Å². The molecule has 0 saturated heterocycles. The van der Waals surface area contributed by atoms with Crippen molar-refractivity contribution in [3.8, 4) is 17.2 Å². The molecule has 0 fully saturated rings. The molecule has 0 atom stereocenters. The van der Waals surface area contributed by atoms with Gasteiger partial charge in [-0.2, -0.15) is 0 Å². The maximum Gasteiger partial charge on any atom is 0.200 e. The molecule has 1 aromatic heterocycles. The van der Waals surface area contributed by atoms with Crippen molar-refractivity contribution < 1.29 is 18.6 Å². The lowest BCUT2D eigenvalue weighted by Crippen LogP contribution is -2.04. The van der Waals surface area contributed by atoms with Crippen LogP contribution in [0.2, 0.25) is 0 Å². The van der Waals surface area contributed by atoms with Gasteiger partial charge in [0.2, 0.25) is 5.43 Å².